The zero-order valence-electron chi connectivity index (χ0n) is 10.9. The van der Waals surface area contributed by atoms with Crippen molar-refractivity contribution in [1.29, 1.82) is 0 Å². The molecule has 0 aromatic heterocycles. The third kappa shape index (κ3) is 4.53. The maximum absolute atomic E-state index is 11.7. The summed E-state index contributed by atoms with van der Waals surface area (Å²) in [7, 11) is 1.66. The van der Waals surface area contributed by atoms with Gasteiger partial charge in [0, 0.05) is 32.3 Å². The summed E-state index contributed by atoms with van der Waals surface area (Å²) < 4.78 is 14.0. The van der Waals surface area contributed by atoms with Crippen LogP contribution in [0.4, 0.5) is 4.79 Å². The summed E-state index contributed by atoms with van der Waals surface area (Å²) in [5.41, 5.74) is 0. The van der Waals surface area contributed by atoms with Crippen LogP contribution in [0.5, 0.6) is 0 Å². The lowest BCUT2D eigenvalue weighted by Gasteiger charge is -2.27. The summed E-state index contributed by atoms with van der Waals surface area (Å²) in [6, 6.07) is 0. The molecule has 0 aromatic carbocycles. The van der Waals surface area contributed by atoms with Gasteiger partial charge < -0.3 is 9.47 Å². The molecule has 0 spiro atoms. The van der Waals surface area contributed by atoms with Crippen molar-refractivity contribution in [1.82, 2.24) is 8.61 Å². The first-order valence-electron chi connectivity index (χ1n) is 5.94. The molecule has 9 heteroatoms. The Morgan fingerprint density at radius 3 is 2.95 bits per heavy atom. The number of thioether (sulfide) groups is 1. The maximum atomic E-state index is 11.7. The van der Waals surface area contributed by atoms with Crippen molar-refractivity contribution < 1.29 is 19.1 Å². The quantitative estimate of drug-likeness (QED) is 0.443. The normalized spacial score (nSPS) is 26.6. The second-order valence-corrected chi connectivity index (χ2v) is 6.15. The van der Waals surface area contributed by atoms with Crippen LogP contribution in [0.3, 0.4) is 0 Å². The van der Waals surface area contributed by atoms with E-state index in [-0.39, 0.29) is 6.10 Å². The summed E-state index contributed by atoms with van der Waals surface area (Å²) in [5.74, 6) is 0.552. The van der Waals surface area contributed by atoms with E-state index in [1.165, 1.54) is 28.2 Å². The van der Waals surface area contributed by atoms with Gasteiger partial charge in [0.15, 0.2) is 0 Å². The van der Waals surface area contributed by atoms with Gasteiger partial charge in [-0.25, -0.2) is 13.4 Å². The van der Waals surface area contributed by atoms with Gasteiger partial charge in [0.2, 0.25) is 0 Å². The average molecular weight is 307 g/mol. The molecular weight excluding hydrogens is 290 g/mol. The smallest absolute Gasteiger partial charge is 0.379 e. The highest BCUT2D eigenvalue weighted by Gasteiger charge is 2.22. The Labute approximate surface area is 120 Å². The molecule has 2 rings (SSSR count). The molecule has 2 saturated heterocycles. The highest BCUT2D eigenvalue weighted by Crippen LogP contribution is 2.21. The van der Waals surface area contributed by atoms with Crippen LogP contribution in [-0.4, -0.2) is 65.1 Å². The van der Waals surface area contributed by atoms with Gasteiger partial charge in [-0.05, 0) is 6.92 Å². The van der Waals surface area contributed by atoms with E-state index >= 15 is 0 Å². The zero-order chi connectivity index (χ0) is 13.7. The first kappa shape index (κ1) is 14.9. The summed E-state index contributed by atoms with van der Waals surface area (Å²) in [4.78, 5) is 16.6. The third-order valence-electron chi connectivity index (χ3n) is 2.55. The van der Waals surface area contributed by atoms with Crippen LogP contribution >= 0.6 is 23.9 Å². The maximum Gasteiger partial charge on any atom is 0.446 e. The van der Waals surface area contributed by atoms with E-state index < -0.39 is 6.09 Å². The van der Waals surface area contributed by atoms with Crippen LogP contribution in [0.1, 0.15) is 6.92 Å². The monoisotopic (exact) mass is 307 g/mol. The van der Waals surface area contributed by atoms with Crippen molar-refractivity contribution in [3.8, 4) is 0 Å². The molecule has 2 heterocycles. The summed E-state index contributed by atoms with van der Waals surface area (Å²) in [6.07, 6.45) is -0.598. The number of ether oxygens (including phenoxy) is 2. The van der Waals surface area contributed by atoms with Gasteiger partial charge in [0.05, 0.1) is 19.2 Å². The van der Waals surface area contributed by atoms with Crippen LogP contribution in [0.2, 0.25) is 0 Å². The Hall–Kier alpha value is -0.480. The SMILES string of the molecule is CC1OCS/C1=N/OC(=O)N(C)SN1CCOCC1. The topological polar surface area (TPSA) is 63.6 Å². The number of nitrogens with zero attached hydrogens (tertiary/aromatic N) is 3. The first-order chi connectivity index (χ1) is 9.16. The number of hydrogen-bond acceptors (Lipinski definition) is 8. The molecule has 0 N–H and O–H groups in total. The Bertz CT molecular complexity index is 350. The van der Waals surface area contributed by atoms with E-state index in [2.05, 4.69) is 5.16 Å². The van der Waals surface area contributed by atoms with Crippen molar-refractivity contribution in [2.24, 2.45) is 5.16 Å². The lowest BCUT2D eigenvalue weighted by molar-refractivity contribution is 0.0753. The average Bonchev–Trinajstić information content (AvgIpc) is 2.82. The molecule has 7 nitrogen and oxygen atoms in total. The minimum Gasteiger partial charge on any atom is -0.379 e. The van der Waals surface area contributed by atoms with E-state index in [4.69, 9.17) is 14.3 Å². The highest BCUT2D eigenvalue weighted by molar-refractivity contribution is 8.14. The van der Waals surface area contributed by atoms with E-state index in [0.29, 0.717) is 24.2 Å². The number of carbonyl (C=O) groups excluding carboxylic acids is 1. The number of morpholine rings is 1. The Morgan fingerprint density at radius 1 is 1.58 bits per heavy atom. The minimum absolute atomic E-state index is 0.102. The number of amides is 1. The summed E-state index contributed by atoms with van der Waals surface area (Å²) >= 11 is 2.75. The largest absolute Gasteiger partial charge is 0.446 e. The molecule has 19 heavy (non-hydrogen) atoms. The fourth-order valence-corrected chi connectivity index (χ4v) is 3.01. The number of hydrogen-bond donors (Lipinski definition) is 0. The lowest BCUT2D eigenvalue weighted by atomic mass is 10.4. The molecule has 0 saturated carbocycles. The minimum atomic E-state index is -0.497. The van der Waals surface area contributed by atoms with Crippen molar-refractivity contribution in [2.75, 3.05) is 39.3 Å². The summed E-state index contributed by atoms with van der Waals surface area (Å²) in [5, 5.41) is 4.52. The molecule has 0 aromatic rings. The van der Waals surface area contributed by atoms with Gasteiger partial charge in [-0.1, -0.05) is 16.9 Å². The summed E-state index contributed by atoms with van der Waals surface area (Å²) in [6.45, 7) is 4.82. The second-order valence-electron chi connectivity index (χ2n) is 3.98. The van der Waals surface area contributed by atoms with E-state index in [0.717, 1.165) is 13.1 Å². The van der Waals surface area contributed by atoms with Crippen LogP contribution in [0.15, 0.2) is 5.16 Å². The Balaban J connectivity index is 1.75. The molecule has 0 bridgehead atoms. The van der Waals surface area contributed by atoms with Crippen LogP contribution < -0.4 is 0 Å². The van der Waals surface area contributed by atoms with Gasteiger partial charge in [-0.3, -0.25) is 4.84 Å². The predicted molar refractivity (Wildman–Crippen MR) is 74.7 cm³/mol. The van der Waals surface area contributed by atoms with E-state index in [1.807, 2.05) is 11.2 Å². The van der Waals surface area contributed by atoms with Crippen LogP contribution in [0.25, 0.3) is 0 Å². The molecule has 108 valence electrons. The number of carbonyl (C=O) groups is 1. The Morgan fingerprint density at radius 2 is 2.32 bits per heavy atom. The van der Waals surface area contributed by atoms with Gasteiger partial charge in [-0.15, -0.1) is 0 Å². The van der Waals surface area contributed by atoms with Gasteiger partial charge in [0.25, 0.3) is 0 Å². The van der Waals surface area contributed by atoms with Crippen LogP contribution in [0, 0.1) is 0 Å². The van der Waals surface area contributed by atoms with E-state index in [1.54, 1.807) is 7.05 Å². The van der Waals surface area contributed by atoms with Crippen molar-refractivity contribution in [2.45, 2.75) is 13.0 Å². The van der Waals surface area contributed by atoms with E-state index in [9.17, 15) is 4.79 Å². The molecular formula is C10H17N3O4S2. The van der Waals surface area contributed by atoms with Gasteiger partial charge in [0.1, 0.15) is 11.1 Å². The third-order valence-corrected chi connectivity index (χ3v) is 4.50. The van der Waals surface area contributed by atoms with Crippen LogP contribution in [-0.2, 0) is 14.3 Å². The second kappa shape index (κ2) is 7.34. The van der Waals surface area contributed by atoms with Gasteiger partial charge in [-0.2, -0.15) is 0 Å². The predicted octanol–water partition coefficient (Wildman–Crippen LogP) is 1.37. The molecule has 0 radical (unpaired) electrons. The highest BCUT2D eigenvalue weighted by atomic mass is 32.2. The number of oxime groups is 1. The standard InChI is InChI=1S/C10H17N3O4S2/c1-8-9(18-7-16-8)11-17-10(14)12(2)19-13-3-5-15-6-4-13/h8H,3-7H2,1-2H3/b11-9+. The number of rotatable bonds is 3. The molecule has 2 aliphatic heterocycles. The van der Waals surface area contributed by atoms with Gasteiger partial charge >= 0.3 is 6.09 Å². The zero-order valence-corrected chi connectivity index (χ0v) is 12.5. The fraction of sp³-hybridized carbons (Fsp3) is 0.800. The molecule has 1 atom stereocenters. The molecule has 0 aliphatic carbocycles. The fourth-order valence-electron chi connectivity index (χ4n) is 1.46. The Kier molecular flexibility index (Phi) is 5.76. The molecule has 1 unspecified atom stereocenters. The lowest BCUT2D eigenvalue weighted by Crippen LogP contribution is -2.35. The van der Waals surface area contributed by atoms with Crippen molar-refractivity contribution in [3.05, 3.63) is 0 Å². The molecule has 1 amide bonds. The van der Waals surface area contributed by atoms with Crippen molar-refractivity contribution >= 4 is 35.0 Å². The molecule has 2 fully saturated rings. The van der Waals surface area contributed by atoms with Crippen molar-refractivity contribution in [3.63, 3.8) is 0 Å². The first-order valence-corrected chi connectivity index (χ1v) is 7.66. The molecule has 2 aliphatic rings.